The summed E-state index contributed by atoms with van der Waals surface area (Å²) in [4.78, 5) is 0. The fourth-order valence-electron chi connectivity index (χ4n) is 1.96. The molecule has 3 rings (SSSR count). The minimum atomic E-state index is 0.565. The maximum atomic E-state index is 5.43. The fourth-order valence-corrected chi connectivity index (χ4v) is 1.96. The second-order valence-corrected chi connectivity index (χ2v) is 4.21. The minimum absolute atomic E-state index is 0.565. The molecular weight excluding hydrogens is 220 g/mol. The van der Waals surface area contributed by atoms with Crippen LogP contribution in [-0.4, -0.2) is 45.0 Å². The number of anilines is 1. The van der Waals surface area contributed by atoms with Gasteiger partial charge < -0.3 is 10.1 Å². The van der Waals surface area contributed by atoms with Gasteiger partial charge in [-0.25, -0.2) is 0 Å². The van der Waals surface area contributed by atoms with Gasteiger partial charge in [0.15, 0.2) is 5.65 Å². The summed E-state index contributed by atoms with van der Waals surface area (Å²) in [5.74, 6) is 1.35. The number of rotatable bonds is 3. The molecule has 2 aromatic heterocycles. The lowest BCUT2D eigenvalue weighted by atomic mass is 10.0. The van der Waals surface area contributed by atoms with Gasteiger partial charge in [0, 0.05) is 13.2 Å². The third-order valence-electron chi connectivity index (χ3n) is 2.90. The molecule has 2 aromatic rings. The third kappa shape index (κ3) is 2.33. The van der Waals surface area contributed by atoms with Gasteiger partial charge in [-0.05, 0) is 41.3 Å². The van der Waals surface area contributed by atoms with Crippen molar-refractivity contribution >= 4 is 11.5 Å². The highest BCUT2D eigenvalue weighted by atomic mass is 16.5. The van der Waals surface area contributed by atoms with Gasteiger partial charge in [-0.15, -0.1) is 14.8 Å². The Bertz CT molecular complexity index is 492. The van der Waals surface area contributed by atoms with Gasteiger partial charge in [0.2, 0.25) is 0 Å². The molecule has 1 aliphatic rings. The van der Waals surface area contributed by atoms with Crippen LogP contribution in [0.25, 0.3) is 5.65 Å². The van der Waals surface area contributed by atoms with E-state index in [0.29, 0.717) is 11.6 Å². The topological polar surface area (TPSA) is 77.2 Å². The maximum Gasteiger partial charge on any atom is 0.200 e. The average Bonchev–Trinajstić information content (AvgIpc) is 2.85. The molecule has 0 aromatic carbocycles. The van der Waals surface area contributed by atoms with Crippen molar-refractivity contribution in [3.8, 4) is 0 Å². The second kappa shape index (κ2) is 4.62. The van der Waals surface area contributed by atoms with Crippen molar-refractivity contribution in [3.05, 3.63) is 12.1 Å². The predicted molar refractivity (Wildman–Crippen MR) is 60.6 cm³/mol. The van der Waals surface area contributed by atoms with Crippen molar-refractivity contribution in [1.29, 1.82) is 0 Å². The largest absolute Gasteiger partial charge is 0.381 e. The first kappa shape index (κ1) is 10.4. The highest BCUT2D eigenvalue weighted by Gasteiger charge is 2.13. The summed E-state index contributed by atoms with van der Waals surface area (Å²) in [6.07, 6.45) is 2.35. The number of nitrogens with one attached hydrogen (secondary N) is 1. The molecule has 17 heavy (non-hydrogen) atoms. The second-order valence-electron chi connectivity index (χ2n) is 4.21. The highest BCUT2D eigenvalue weighted by molar-refractivity contribution is 5.41. The van der Waals surface area contributed by atoms with E-state index in [-0.39, 0.29) is 0 Å². The number of hydrogen-bond acceptors (Lipinski definition) is 6. The van der Waals surface area contributed by atoms with E-state index in [2.05, 4.69) is 25.9 Å². The molecule has 0 aliphatic carbocycles. The standard InChI is InChI=1S/C10H14N6O/c1-2-8(7-17-5-1)6-11-9-3-4-10-12-14-15-16(10)13-9/h3-4,8H,1-2,5-7H2,(H,11,13). The summed E-state index contributed by atoms with van der Waals surface area (Å²) in [5, 5.41) is 18.6. The van der Waals surface area contributed by atoms with Gasteiger partial charge in [-0.3, -0.25) is 0 Å². The molecule has 3 heterocycles. The molecule has 1 N–H and O–H groups in total. The number of nitrogens with zero attached hydrogens (tertiary/aromatic N) is 5. The lowest BCUT2D eigenvalue weighted by Crippen LogP contribution is -2.24. The van der Waals surface area contributed by atoms with Crippen molar-refractivity contribution in [2.75, 3.05) is 25.1 Å². The van der Waals surface area contributed by atoms with Gasteiger partial charge in [0.05, 0.1) is 6.61 Å². The Hall–Kier alpha value is -1.76. The van der Waals surface area contributed by atoms with Crippen molar-refractivity contribution in [2.45, 2.75) is 12.8 Å². The van der Waals surface area contributed by atoms with Crippen molar-refractivity contribution < 1.29 is 4.74 Å². The molecule has 1 atom stereocenters. The van der Waals surface area contributed by atoms with Crippen molar-refractivity contribution in [3.63, 3.8) is 0 Å². The minimum Gasteiger partial charge on any atom is -0.381 e. The maximum absolute atomic E-state index is 5.43. The molecule has 0 saturated carbocycles. The Morgan fingerprint density at radius 3 is 3.35 bits per heavy atom. The Morgan fingerprint density at radius 1 is 1.47 bits per heavy atom. The Kier molecular flexibility index (Phi) is 2.83. The molecule has 1 fully saturated rings. The van der Waals surface area contributed by atoms with Crippen LogP contribution < -0.4 is 5.32 Å². The van der Waals surface area contributed by atoms with E-state index in [9.17, 15) is 0 Å². The van der Waals surface area contributed by atoms with E-state index in [4.69, 9.17) is 4.74 Å². The number of ether oxygens (including phenoxy) is 1. The van der Waals surface area contributed by atoms with E-state index < -0.39 is 0 Å². The van der Waals surface area contributed by atoms with E-state index in [1.807, 2.05) is 12.1 Å². The van der Waals surface area contributed by atoms with Crippen LogP contribution in [-0.2, 0) is 4.74 Å². The average molecular weight is 234 g/mol. The summed E-state index contributed by atoms with van der Waals surface area (Å²) < 4.78 is 6.85. The Morgan fingerprint density at radius 2 is 2.47 bits per heavy atom. The van der Waals surface area contributed by atoms with Crippen LogP contribution in [0.15, 0.2) is 12.1 Å². The summed E-state index contributed by atoms with van der Waals surface area (Å²) in [6, 6.07) is 3.72. The zero-order valence-electron chi connectivity index (χ0n) is 9.41. The summed E-state index contributed by atoms with van der Waals surface area (Å²) >= 11 is 0. The number of tetrazole rings is 1. The Labute approximate surface area is 98.1 Å². The van der Waals surface area contributed by atoms with Crippen LogP contribution in [0.5, 0.6) is 0 Å². The van der Waals surface area contributed by atoms with E-state index >= 15 is 0 Å². The van der Waals surface area contributed by atoms with Crippen LogP contribution in [0.1, 0.15) is 12.8 Å². The zero-order valence-corrected chi connectivity index (χ0v) is 9.41. The zero-order chi connectivity index (χ0) is 11.5. The third-order valence-corrected chi connectivity index (χ3v) is 2.90. The molecule has 0 amide bonds. The normalized spacial score (nSPS) is 20.6. The first-order chi connectivity index (χ1) is 8.42. The van der Waals surface area contributed by atoms with Gasteiger partial charge in [-0.1, -0.05) is 0 Å². The van der Waals surface area contributed by atoms with Crippen LogP contribution in [0.2, 0.25) is 0 Å². The SMILES string of the molecule is c1cc2nnnn2nc1NCC1CCCOC1. The van der Waals surface area contributed by atoms with Crippen LogP contribution in [0.4, 0.5) is 5.82 Å². The van der Waals surface area contributed by atoms with E-state index in [0.717, 1.165) is 32.0 Å². The number of fused-ring (bicyclic) bond motifs is 1. The van der Waals surface area contributed by atoms with Gasteiger partial charge in [0.1, 0.15) is 5.82 Å². The van der Waals surface area contributed by atoms with Gasteiger partial charge in [-0.2, -0.15) is 0 Å². The van der Waals surface area contributed by atoms with E-state index in [1.54, 1.807) is 0 Å². The molecule has 0 radical (unpaired) electrons. The lowest BCUT2D eigenvalue weighted by molar-refractivity contribution is 0.0594. The molecule has 1 aliphatic heterocycles. The van der Waals surface area contributed by atoms with Gasteiger partial charge >= 0.3 is 0 Å². The highest BCUT2D eigenvalue weighted by Crippen LogP contribution is 2.14. The monoisotopic (exact) mass is 234 g/mol. The Balaban J connectivity index is 1.63. The van der Waals surface area contributed by atoms with E-state index in [1.165, 1.54) is 11.1 Å². The predicted octanol–water partition coefficient (Wildman–Crippen LogP) is 0.358. The molecule has 0 spiro atoms. The summed E-state index contributed by atoms with van der Waals surface area (Å²) in [7, 11) is 0. The van der Waals surface area contributed by atoms with Crippen molar-refractivity contribution in [2.24, 2.45) is 5.92 Å². The quantitative estimate of drug-likeness (QED) is 0.826. The van der Waals surface area contributed by atoms with Crippen LogP contribution in [0, 0.1) is 5.92 Å². The molecule has 90 valence electrons. The summed E-state index contributed by atoms with van der Waals surface area (Å²) in [6.45, 7) is 2.60. The number of aromatic nitrogens is 5. The number of hydrogen-bond donors (Lipinski definition) is 1. The molecule has 7 nitrogen and oxygen atoms in total. The molecular formula is C10H14N6O. The van der Waals surface area contributed by atoms with Crippen LogP contribution >= 0.6 is 0 Å². The first-order valence-electron chi connectivity index (χ1n) is 5.79. The van der Waals surface area contributed by atoms with Crippen LogP contribution in [0.3, 0.4) is 0 Å². The smallest absolute Gasteiger partial charge is 0.200 e. The first-order valence-corrected chi connectivity index (χ1v) is 5.79. The van der Waals surface area contributed by atoms with Crippen molar-refractivity contribution in [1.82, 2.24) is 25.3 Å². The van der Waals surface area contributed by atoms with Gasteiger partial charge in [0.25, 0.3) is 0 Å². The molecule has 1 unspecified atom stereocenters. The molecule has 1 saturated heterocycles. The summed E-state index contributed by atoms with van der Waals surface area (Å²) in [5.41, 5.74) is 0.650. The fraction of sp³-hybridized carbons (Fsp3) is 0.600. The molecule has 7 heteroatoms. The molecule has 0 bridgehead atoms. The lowest BCUT2D eigenvalue weighted by Gasteiger charge is -2.22.